The monoisotopic (exact) mass is 494 g/mol. The van der Waals surface area contributed by atoms with E-state index in [-0.39, 0.29) is 30.2 Å². The number of rotatable bonds is 9. The fourth-order valence-corrected chi connectivity index (χ4v) is 6.04. The van der Waals surface area contributed by atoms with Crippen molar-refractivity contribution in [1.29, 1.82) is 0 Å². The Hall–Kier alpha value is -2.61. The molecule has 1 unspecified atom stereocenters. The molecule has 2 aromatic carbocycles. The first-order chi connectivity index (χ1) is 16.6. The molecule has 0 radical (unpaired) electrons. The maximum atomic E-state index is 13.7. The number of fused-ring (bicyclic) bond motifs is 1. The molecule has 1 atom stereocenters. The van der Waals surface area contributed by atoms with Crippen molar-refractivity contribution in [3.05, 3.63) is 87.6 Å². The normalized spacial score (nSPS) is 15.1. The van der Waals surface area contributed by atoms with Crippen LogP contribution in [-0.2, 0) is 20.7 Å². The van der Waals surface area contributed by atoms with Crippen molar-refractivity contribution in [3.63, 3.8) is 0 Å². The zero-order valence-corrected chi connectivity index (χ0v) is 21.2. The van der Waals surface area contributed by atoms with Gasteiger partial charge in [0, 0.05) is 30.0 Å². The molecule has 1 aliphatic heterocycles. The van der Waals surface area contributed by atoms with Crippen LogP contribution in [0.2, 0.25) is 0 Å². The Balaban J connectivity index is 1.52. The second kappa shape index (κ2) is 11.7. The maximum Gasteiger partial charge on any atom is 0.242 e. The molecule has 0 saturated carbocycles. The summed E-state index contributed by atoms with van der Waals surface area (Å²) in [6, 6.07) is 20.1. The van der Waals surface area contributed by atoms with Crippen LogP contribution in [-0.4, -0.2) is 60.7 Å². The van der Waals surface area contributed by atoms with Crippen molar-refractivity contribution < 1.29 is 14.3 Å². The van der Waals surface area contributed by atoms with Crippen molar-refractivity contribution in [1.82, 2.24) is 9.80 Å². The number of amides is 2. The minimum absolute atomic E-state index is 0.0285. The van der Waals surface area contributed by atoms with Gasteiger partial charge in [-0.1, -0.05) is 42.5 Å². The third-order valence-corrected chi connectivity index (χ3v) is 8.11. The number of thioether (sulfide) groups is 1. The lowest BCUT2D eigenvalue weighted by Gasteiger charge is -2.38. The quantitative estimate of drug-likeness (QED) is 0.401. The highest BCUT2D eigenvalue weighted by atomic mass is 32.2. The van der Waals surface area contributed by atoms with Gasteiger partial charge in [0.05, 0.1) is 24.9 Å². The molecule has 178 valence electrons. The van der Waals surface area contributed by atoms with E-state index < -0.39 is 0 Å². The summed E-state index contributed by atoms with van der Waals surface area (Å²) in [6.45, 7) is 3.58. The van der Waals surface area contributed by atoms with E-state index in [0.717, 1.165) is 22.4 Å². The number of ether oxygens (including phenoxy) is 1. The summed E-state index contributed by atoms with van der Waals surface area (Å²) in [7, 11) is 1.61. The molecule has 0 N–H and O–H groups in total. The van der Waals surface area contributed by atoms with Gasteiger partial charge in [-0.25, -0.2) is 0 Å². The molecule has 2 amide bonds. The van der Waals surface area contributed by atoms with Gasteiger partial charge in [-0.15, -0.1) is 23.1 Å². The third kappa shape index (κ3) is 5.71. The van der Waals surface area contributed by atoms with Crippen molar-refractivity contribution in [3.8, 4) is 0 Å². The van der Waals surface area contributed by atoms with Crippen LogP contribution in [0.25, 0.3) is 0 Å². The van der Waals surface area contributed by atoms with Crippen LogP contribution in [0.5, 0.6) is 0 Å². The van der Waals surface area contributed by atoms with E-state index >= 15 is 0 Å². The Labute approximate surface area is 209 Å². The van der Waals surface area contributed by atoms with Crippen LogP contribution in [0.1, 0.15) is 27.6 Å². The summed E-state index contributed by atoms with van der Waals surface area (Å²) in [5, 5.41) is 2.11. The Morgan fingerprint density at radius 3 is 2.62 bits per heavy atom. The van der Waals surface area contributed by atoms with Crippen LogP contribution >= 0.6 is 23.1 Å². The molecule has 5 nitrogen and oxygen atoms in total. The van der Waals surface area contributed by atoms with Gasteiger partial charge in [0.25, 0.3) is 0 Å². The third-order valence-electron chi connectivity index (χ3n) is 6.12. The molecule has 0 spiro atoms. The number of benzene rings is 2. The smallest absolute Gasteiger partial charge is 0.242 e. The van der Waals surface area contributed by atoms with E-state index in [0.29, 0.717) is 19.7 Å². The molecule has 3 aromatic rings. The highest BCUT2D eigenvalue weighted by molar-refractivity contribution is 8.00. The molecule has 2 heterocycles. The zero-order valence-electron chi connectivity index (χ0n) is 19.6. The van der Waals surface area contributed by atoms with Gasteiger partial charge >= 0.3 is 0 Å². The number of carbonyl (C=O) groups is 2. The summed E-state index contributed by atoms with van der Waals surface area (Å²) in [6.07, 6.45) is 0.844. The first-order valence-electron chi connectivity index (χ1n) is 11.4. The van der Waals surface area contributed by atoms with Crippen LogP contribution in [0, 0.1) is 6.92 Å². The van der Waals surface area contributed by atoms with Crippen molar-refractivity contribution >= 4 is 34.9 Å². The van der Waals surface area contributed by atoms with Crippen LogP contribution in [0.15, 0.2) is 70.9 Å². The van der Waals surface area contributed by atoms with E-state index in [1.165, 1.54) is 22.2 Å². The largest absolute Gasteiger partial charge is 0.383 e. The lowest BCUT2D eigenvalue weighted by atomic mass is 9.90. The van der Waals surface area contributed by atoms with E-state index in [4.69, 9.17) is 4.74 Å². The summed E-state index contributed by atoms with van der Waals surface area (Å²) in [5.74, 6) is 0.205. The van der Waals surface area contributed by atoms with Crippen LogP contribution in [0.4, 0.5) is 0 Å². The van der Waals surface area contributed by atoms with Gasteiger partial charge in [-0.05, 0) is 53.6 Å². The van der Waals surface area contributed by atoms with Gasteiger partial charge < -0.3 is 14.5 Å². The number of methoxy groups -OCH3 is 1. The second-order valence-corrected chi connectivity index (χ2v) is 10.4. The van der Waals surface area contributed by atoms with Crippen LogP contribution < -0.4 is 0 Å². The van der Waals surface area contributed by atoms with Gasteiger partial charge in [0.1, 0.15) is 0 Å². The minimum atomic E-state index is -0.123. The molecule has 4 rings (SSSR count). The van der Waals surface area contributed by atoms with Gasteiger partial charge in [0.2, 0.25) is 11.8 Å². The summed E-state index contributed by atoms with van der Waals surface area (Å²) < 4.78 is 5.23. The fourth-order valence-electron chi connectivity index (χ4n) is 4.31. The molecular formula is C27H30N2O3S2. The highest BCUT2D eigenvalue weighted by Crippen LogP contribution is 2.39. The molecule has 1 aliphatic rings. The standard InChI is InChI=1S/C27H30N2O3S2/c1-20-8-6-7-11-22(20)27-23-13-17-33-24(23)12-14-29(27)25(30)18-28(15-16-32-2)26(31)19-34-21-9-4-3-5-10-21/h3-11,13,17,27H,12,14-16,18-19H2,1-2H3. The fraction of sp³-hybridized carbons (Fsp3) is 0.333. The highest BCUT2D eigenvalue weighted by Gasteiger charge is 2.34. The maximum absolute atomic E-state index is 13.7. The molecule has 0 saturated heterocycles. The molecule has 1 aromatic heterocycles. The first-order valence-corrected chi connectivity index (χ1v) is 13.3. The topological polar surface area (TPSA) is 49.9 Å². The number of aryl methyl sites for hydroxylation is 1. The van der Waals surface area contributed by atoms with Crippen molar-refractivity contribution in [2.75, 3.05) is 39.1 Å². The first kappa shape index (κ1) is 24.5. The molecule has 34 heavy (non-hydrogen) atoms. The summed E-state index contributed by atoms with van der Waals surface area (Å²) >= 11 is 3.24. The van der Waals surface area contributed by atoms with E-state index in [2.05, 4.69) is 30.5 Å². The number of hydrogen-bond acceptors (Lipinski definition) is 5. The van der Waals surface area contributed by atoms with Crippen LogP contribution in [0.3, 0.4) is 0 Å². The predicted octanol–water partition coefficient (Wildman–Crippen LogP) is 4.80. The Morgan fingerprint density at radius 1 is 1.09 bits per heavy atom. The molecule has 0 bridgehead atoms. The summed E-state index contributed by atoms with van der Waals surface area (Å²) in [4.78, 5) is 32.7. The lowest BCUT2D eigenvalue weighted by molar-refractivity contribution is -0.141. The van der Waals surface area contributed by atoms with Crippen molar-refractivity contribution in [2.45, 2.75) is 24.3 Å². The SMILES string of the molecule is COCCN(CC(=O)N1CCc2sccc2C1c1ccccc1C)C(=O)CSc1ccccc1. The van der Waals surface area contributed by atoms with Gasteiger partial charge in [-0.2, -0.15) is 0 Å². The molecular weight excluding hydrogens is 464 g/mol. The van der Waals surface area contributed by atoms with E-state index in [9.17, 15) is 9.59 Å². The summed E-state index contributed by atoms with van der Waals surface area (Å²) in [5.41, 5.74) is 3.51. The number of hydrogen-bond donors (Lipinski definition) is 0. The van der Waals surface area contributed by atoms with Gasteiger partial charge in [-0.3, -0.25) is 9.59 Å². The zero-order chi connectivity index (χ0) is 23.9. The minimum Gasteiger partial charge on any atom is -0.383 e. The van der Waals surface area contributed by atoms with Crippen molar-refractivity contribution in [2.24, 2.45) is 0 Å². The number of nitrogens with zero attached hydrogens (tertiary/aromatic N) is 2. The Morgan fingerprint density at radius 2 is 1.85 bits per heavy atom. The molecule has 0 aliphatic carbocycles. The average Bonchev–Trinajstić information content (AvgIpc) is 3.34. The van der Waals surface area contributed by atoms with E-state index in [1.54, 1.807) is 23.3 Å². The predicted molar refractivity (Wildman–Crippen MR) is 138 cm³/mol. The van der Waals surface area contributed by atoms with Gasteiger partial charge in [0.15, 0.2) is 0 Å². The number of thiophene rings is 1. The average molecular weight is 495 g/mol. The molecule has 0 fully saturated rings. The van der Waals surface area contributed by atoms with E-state index in [1.807, 2.05) is 47.4 Å². The number of carbonyl (C=O) groups excluding carboxylic acids is 2. The lowest BCUT2D eigenvalue weighted by Crippen LogP contribution is -2.48. The Bertz CT molecular complexity index is 1120. The molecule has 7 heteroatoms. The Kier molecular flexibility index (Phi) is 8.43. The second-order valence-electron chi connectivity index (χ2n) is 8.31.